The van der Waals surface area contributed by atoms with Crippen LogP contribution < -0.4 is 14.8 Å². The van der Waals surface area contributed by atoms with Gasteiger partial charge in [-0.05, 0) is 57.2 Å². The Labute approximate surface area is 171 Å². The van der Waals surface area contributed by atoms with Crippen molar-refractivity contribution in [3.05, 3.63) is 58.4 Å². The van der Waals surface area contributed by atoms with E-state index in [-0.39, 0.29) is 22.9 Å². The summed E-state index contributed by atoms with van der Waals surface area (Å²) in [5.74, 6) is -1.59. The van der Waals surface area contributed by atoms with E-state index in [0.717, 1.165) is 6.07 Å². The molecule has 0 bridgehead atoms. The monoisotopic (exact) mass is 420 g/mol. The number of nitrogens with one attached hydrogen (secondary N) is 1. The van der Waals surface area contributed by atoms with Crippen LogP contribution in [-0.4, -0.2) is 35.6 Å². The first kappa shape index (κ1) is 22.6. The van der Waals surface area contributed by atoms with Crippen molar-refractivity contribution in [1.29, 1.82) is 0 Å². The number of amides is 1. The predicted octanol–water partition coefficient (Wildman–Crippen LogP) is 3.47. The third kappa shape index (κ3) is 5.66. The second-order valence-electron chi connectivity index (χ2n) is 6.74. The van der Waals surface area contributed by atoms with Crippen LogP contribution in [0.4, 0.5) is 15.8 Å². The molecule has 0 heterocycles. The van der Waals surface area contributed by atoms with E-state index < -0.39 is 34.3 Å². The topological polar surface area (TPSA) is 117 Å². The van der Waals surface area contributed by atoms with Crippen LogP contribution in [0.5, 0.6) is 11.5 Å². The molecule has 0 radical (unpaired) electrons. The zero-order valence-corrected chi connectivity index (χ0v) is 16.8. The van der Waals surface area contributed by atoms with Crippen LogP contribution >= 0.6 is 0 Å². The molecule has 30 heavy (non-hydrogen) atoms. The number of rotatable bonds is 8. The van der Waals surface area contributed by atoms with Crippen molar-refractivity contribution in [2.24, 2.45) is 0 Å². The SMILES string of the molecule is COc1ccc(NC(=O)[C@H](C)OC(=O)C(C)(C)Oc2ccc(F)cc2)c([N+](=O)[O-])c1. The molecule has 1 N–H and O–H groups in total. The van der Waals surface area contributed by atoms with Gasteiger partial charge in [0.2, 0.25) is 0 Å². The molecule has 160 valence electrons. The van der Waals surface area contributed by atoms with E-state index in [0.29, 0.717) is 0 Å². The van der Waals surface area contributed by atoms with Crippen molar-refractivity contribution in [3.63, 3.8) is 0 Å². The summed E-state index contributed by atoms with van der Waals surface area (Å²) >= 11 is 0. The van der Waals surface area contributed by atoms with Crippen LogP contribution in [0, 0.1) is 15.9 Å². The van der Waals surface area contributed by atoms with Crippen LogP contribution in [0.25, 0.3) is 0 Å². The molecule has 2 rings (SSSR count). The Balaban J connectivity index is 2.05. The standard InChI is InChI=1S/C20H21FN2O7/c1-12(18(24)22-16-10-9-15(28-4)11-17(16)23(26)27)29-19(25)20(2,3)30-14-7-5-13(21)6-8-14/h5-12H,1-4H3,(H,22,24)/t12-/m0/s1. The van der Waals surface area contributed by atoms with Crippen LogP contribution in [0.15, 0.2) is 42.5 Å². The first-order valence-corrected chi connectivity index (χ1v) is 8.82. The van der Waals surface area contributed by atoms with Crippen molar-refractivity contribution in [2.75, 3.05) is 12.4 Å². The third-order valence-electron chi connectivity index (χ3n) is 3.99. The lowest BCUT2D eigenvalue weighted by Gasteiger charge is -2.26. The van der Waals surface area contributed by atoms with Crippen molar-refractivity contribution in [2.45, 2.75) is 32.5 Å². The zero-order valence-electron chi connectivity index (χ0n) is 16.8. The van der Waals surface area contributed by atoms with Gasteiger partial charge in [-0.25, -0.2) is 9.18 Å². The summed E-state index contributed by atoms with van der Waals surface area (Å²) in [7, 11) is 1.36. The summed E-state index contributed by atoms with van der Waals surface area (Å²) in [6, 6.07) is 8.96. The molecule has 0 fully saturated rings. The Kier molecular flexibility index (Phi) is 6.93. The summed E-state index contributed by atoms with van der Waals surface area (Å²) in [6.07, 6.45) is -1.27. The Morgan fingerprint density at radius 3 is 2.30 bits per heavy atom. The quantitative estimate of drug-likeness (QED) is 0.395. The third-order valence-corrected chi connectivity index (χ3v) is 3.99. The van der Waals surface area contributed by atoms with Crippen LogP contribution in [-0.2, 0) is 14.3 Å². The second-order valence-corrected chi connectivity index (χ2v) is 6.74. The molecule has 0 spiro atoms. The Hall–Kier alpha value is -3.69. The maximum Gasteiger partial charge on any atom is 0.350 e. The average Bonchev–Trinajstić information content (AvgIpc) is 2.69. The Morgan fingerprint density at radius 1 is 1.13 bits per heavy atom. The number of esters is 1. The molecule has 1 amide bonds. The van der Waals surface area contributed by atoms with E-state index in [1.807, 2.05) is 0 Å². The molecule has 10 heteroatoms. The number of ether oxygens (including phenoxy) is 3. The first-order chi connectivity index (χ1) is 14.0. The largest absolute Gasteiger partial charge is 0.496 e. The fourth-order valence-corrected chi connectivity index (χ4v) is 2.32. The molecule has 0 saturated carbocycles. The lowest BCUT2D eigenvalue weighted by molar-refractivity contribution is -0.384. The lowest BCUT2D eigenvalue weighted by Crippen LogP contribution is -2.43. The highest BCUT2D eigenvalue weighted by Gasteiger charge is 2.34. The van der Waals surface area contributed by atoms with Crippen LogP contribution in [0.1, 0.15) is 20.8 Å². The van der Waals surface area contributed by atoms with E-state index >= 15 is 0 Å². The van der Waals surface area contributed by atoms with Gasteiger partial charge in [0, 0.05) is 0 Å². The van der Waals surface area contributed by atoms with Crippen molar-refractivity contribution in [1.82, 2.24) is 0 Å². The average molecular weight is 420 g/mol. The van der Waals surface area contributed by atoms with E-state index in [4.69, 9.17) is 14.2 Å². The minimum Gasteiger partial charge on any atom is -0.496 e. The van der Waals surface area contributed by atoms with Crippen LogP contribution in [0.3, 0.4) is 0 Å². The highest BCUT2D eigenvalue weighted by Crippen LogP contribution is 2.29. The number of nitro benzene ring substituents is 1. The minimum absolute atomic E-state index is 0.0736. The van der Waals surface area contributed by atoms with Gasteiger partial charge in [0.1, 0.15) is 23.0 Å². The second kappa shape index (κ2) is 9.21. The van der Waals surface area contributed by atoms with Gasteiger partial charge < -0.3 is 19.5 Å². The molecule has 0 aliphatic rings. The summed E-state index contributed by atoms with van der Waals surface area (Å²) in [5, 5.41) is 13.6. The van der Waals surface area contributed by atoms with Crippen molar-refractivity contribution in [3.8, 4) is 11.5 Å². The molecule has 9 nitrogen and oxygen atoms in total. The van der Waals surface area contributed by atoms with Gasteiger partial charge >= 0.3 is 5.97 Å². The molecule has 2 aromatic carbocycles. The number of anilines is 1. The molecule has 0 aliphatic heterocycles. The van der Waals surface area contributed by atoms with Crippen LogP contribution in [0.2, 0.25) is 0 Å². The van der Waals surface area contributed by atoms with E-state index in [2.05, 4.69) is 5.32 Å². The van der Waals surface area contributed by atoms with E-state index in [1.54, 1.807) is 0 Å². The van der Waals surface area contributed by atoms with Gasteiger partial charge in [0.25, 0.3) is 11.6 Å². The fourth-order valence-electron chi connectivity index (χ4n) is 2.32. The molecule has 0 unspecified atom stereocenters. The number of nitro groups is 1. The predicted molar refractivity (Wildman–Crippen MR) is 105 cm³/mol. The molecule has 2 aromatic rings. The molecule has 1 atom stereocenters. The molecule has 0 aliphatic carbocycles. The van der Waals surface area contributed by atoms with Gasteiger partial charge in [-0.1, -0.05) is 0 Å². The summed E-state index contributed by atoms with van der Waals surface area (Å²) in [4.78, 5) is 35.4. The van der Waals surface area contributed by atoms with Gasteiger partial charge in [-0.2, -0.15) is 0 Å². The van der Waals surface area contributed by atoms with E-state index in [9.17, 15) is 24.1 Å². The van der Waals surface area contributed by atoms with Crippen molar-refractivity contribution >= 4 is 23.3 Å². The van der Waals surface area contributed by atoms with Gasteiger partial charge in [0.05, 0.1) is 18.1 Å². The number of hydrogen-bond acceptors (Lipinski definition) is 7. The summed E-state index contributed by atoms with van der Waals surface area (Å²) < 4.78 is 28.6. The number of carbonyl (C=O) groups is 2. The van der Waals surface area contributed by atoms with E-state index in [1.165, 1.54) is 64.3 Å². The maximum absolute atomic E-state index is 13.0. The van der Waals surface area contributed by atoms with Gasteiger partial charge in [-0.15, -0.1) is 0 Å². The fraction of sp³-hybridized carbons (Fsp3) is 0.300. The molecule has 0 saturated heterocycles. The number of benzene rings is 2. The Bertz CT molecular complexity index is 945. The number of methoxy groups -OCH3 is 1. The lowest BCUT2D eigenvalue weighted by atomic mass is 10.1. The highest BCUT2D eigenvalue weighted by atomic mass is 19.1. The zero-order chi connectivity index (χ0) is 22.5. The number of halogens is 1. The number of hydrogen-bond donors (Lipinski definition) is 1. The molecular formula is C20H21FN2O7. The normalized spacial score (nSPS) is 11.9. The number of carbonyl (C=O) groups excluding carboxylic acids is 2. The maximum atomic E-state index is 13.0. The number of nitrogens with zero attached hydrogens (tertiary/aromatic N) is 1. The van der Waals surface area contributed by atoms with Gasteiger partial charge in [-0.3, -0.25) is 14.9 Å². The highest BCUT2D eigenvalue weighted by molar-refractivity contribution is 5.97. The molecule has 0 aromatic heterocycles. The van der Waals surface area contributed by atoms with Gasteiger partial charge in [0.15, 0.2) is 11.7 Å². The smallest absolute Gasteiger partial charge is 0.350 e. The van der Waals surface area contributed by atoms with Crippen molar-refractivity contribution < 1.29 is 33.1 Å². The molecular weight excluding hydrogens is 399 g/mol. The summed E-state index contributed by atoms with van der Waals surface area (Å²) in [5.41, 5.74) is -1.92. The minimum atomic E-state index is -1.47. The summed E-state index contributed by atoms with van der Waals surface area (Å²) in [6.45, 7) is 4.17. The first-order valence-electron chi connectivity index (χ1n) is 8.82. The Morgan fingerprint density at radius 2 is 1.73 bits per heavy atom.